The lowest BCUT2D eigenvalue weighted by molar-refractivity contribution is -0.378. The SMILES string of the molecule is COc1cc(CC(=O)OC[C@]23C[C@@]4(O)C(=O)O[C@@]2(C)[C@H]2[C@H]3[C@H]3[C@@H]5C(C)(C)[C@]5(OC(C)=O)[C@H](OC(=O)Cc5ccccc5)[C@@H](C)[C@]3(O)[C@H]24)ccc1O. The maximum Gasteiger partial charge on any atom is 0.339 e. The average Bonchev–Trinajstić information content (AvgIpc) is 3.42. The Hall–Kier alpha value is -4.16. The first kappa shape index (κ1) is 34.0. The second kappa shape index (κ2) is 10.5. The molecule has 2 aromatic carbocycles. The van der Waals surface area contributed by atoms with E-state index >= 15 is 0 Å². The van der Waals surface area contributed by atoms with Crippen LogP contribution in [0.2, 0.25) is 0 Å². The minimum atomic E-state index is -2.10. The largest absolute Gasteiger partial charge is 0.504 e. The number of hydrogen-bond acceptors (Lipinski definition) is 12. The van der Waals surface area contributed by atoms with Crippen molar-refractivity contribution in [2.45, 2.75) is 82.4 Å². The summed E-state index contributed by atoms with van der Waals surface area (Å²) in [5, 5.41) is 35.6. The van der Waals surface area contributed by atoms with Crippen LogP contribution in [0.15, 0.2) is 48.5 Å². The molecule has 9 rings (SSSR count). The predicted octanol–water partition coefficient (Wildman–Crippen LogP) is 2.91. The van der Waals surface area contributed by atoms with Crippen molar-refractivity contribution in [1.82, 2.24) is 0 Å². The van der Waals surface area contributed by atoms with E-state index in [0.29, 0.717) is 5.56 Å². The van der Waals surface area contributed by atoms with Gasteiger partial charge in [-0.2, -0.15) is 0 Å². The summed E-state index contributed by atoms with van der Waals surface area (Å²) in [6.45, 7) is 8.50. The molecule has 3 N–H and O–H groups in total. The van der Waals surface area contributed by atoms with Crippen molar-refractivity contribution in [2.75, 3.05) is 13.7 Å². The Morgan fingerprint density at radius 2 is 1.61 bits per heavy atom. The number of aromatic hydroxyl groups is 1. The van der Waals surface area contributed by atoms with Crippen molar-refractivity contribution in [3.05, 3.63) is 59.7 Å². The van der Waals surface area contributed by atoms with Gasteiger partial charge in [-0.1, -0.05) is 57.2 Å². The molecular weight excluding hydrogens is 660 g/mol. The van der Waals surface area contributed by atoms with E-state index < -0.39 is 98.7 Å². The standard InChI is InChI=1S/C39H44O12/c1-19-32(49-26(43)15-21-10-8-7-9-11-21)39(50-20(2)40)30(34(39,3)4)29-27-28-31(38(19,29)46)37(45)17-36(27,35(28,5)51-33(37)44)18-48-25(42)16-22-12-13-23(41)24(14-22)47-6/h7-14,19,27-32,41,45-46H,15-18H2,1-6H3/t19-,27+,28+,29+,30-,31-,32-,35+,36+,37+,38-,39-/m1/s1. The third-order valence-electron chi connectivity index (χ3n) is 14.2. The number of rotatable bonds is 9. The Kier molecular flexibility index (Phi) is 6.97. The molecule has 0 radical (unpaired) electrons. The fourth-order valence-corrected chi connectivity index (χ4v) is 12.2. The zero-order valence-electron chi connectivity index (χ0n) is 29.5. The molecule has 51 heavy (non-hydrogen) atoms. The van der Waals surface area contributed by atoms with Gasteiger partial charge in [-0.05, 0) is 42.0 Å². The number of hydrogen-bond donors (Lipinski definition) is 3. The van der Waals surface area contributed by atoms with Gasteiger partial charge in [0, 0.05) is 42.4 Å². The molecule has 0 aromatic heterocycles. The van der Waals surface area contributed by atoms with Gasteiger partial charge in [0.15, 0.2) is 22.7 Å². The number of phenols is 1. The smallest absolute Gasteiger partial charge is 0.339 e. The fourth-order valence-electron chi connectivity index (χ4n) is 12.2. The molecule has 5 saturated carbocycles. The summed E-state index contributed by atoms with van der Waals surface area (Å²) in [6, 6.07) is 13.6. The lowest BCUT2D eigenvalue weighted by atomic mass is 9.34. The summed E-state index contributed by atoms with van der Waals surface area (Å²) in [5.74, 6) is -6.27. The molecule has 5 aliphatic carbocycles. The highest BCUT2D eigenvalue weighted by Gasteiger charge is 2.99. The van der Waals surface area contributed by atoms with E-state index in [1.54, 1.807) is 38.1 Å². The topological polar surface area (TPSA) is 175 Å². The molecule has 4 bridgehead atoms. The van der Waals surface area contributed by atoms with Crippen LogP contribution < -0.4 is 4.74 Å². The van der Waals surface area contributed by atoms with Gasteiger partial charge in [0.25, 0.3) is 0 Å². The van der Waals surface area contributed by atoms with Crippen LogP contribution in [0.3, 0.4) is 0 Å². The van der Waals surface area contributed by atoms with Crippen LogP contribution in [0.4, 0.5) is 0 Å². The first-order valence-corrected chi connectivity index (χ1v) is 17.6. The number of fused-ring (bicyclic) bond motifs is 5. The lowest BCUT2D eigenvalue weighted by Gasteiger charge is -2.75. The summed E-state index contributed by atoms with van der Waals surface area (Å²) in [4.78, 5) is 53.4. The summed E-state index contributed by atoms with van der Waals surface area (Å²) in [5.41, 5.74) is -6.89. The molecular formula is C39H44O12. The fraction of sp³-hybridized carbons (Fsp3) is 0.590. The molecule has 272 valence electrons. The van der Waals surface area contributed by atoms with E-state index in [-0.39, 0.29) is 37.4 Å². The first-order valence-electron chi connectivity index (χ1n) is 17.6. The number of esters is 4. The molecule has 2 aliphatic heterocycles. The van der Waals surface area contributed by atoms with Gasteiger partial charge >= 0.3 is 23.9 Å². The highest BCUT2D eigenvalue weighted by Crippen LogP contribution is 2.89. The first-order chi connectivity index (χ1) is 23.9. The van der Waals surface area contributed by atoms with Gasteiger partial charge in [-0.25, -0.2) is 4.79 Å². The minimum Gasteiger partial charge on any atom is -0.504 e. The number of carbonyl (C=O) groups is 4. The van der Waals surface area contributed by atoms with Crippen molar-refractivity contribution in [2.24, 2.45) is 46.3 Å². The van der Waals surface area contributed by atoms with E-state index in [4.69, 9.17) is 23.7 Å². The van der Waals surface area contributed by atoms with Gasteiger partial charge < -0.3 is 39.0 Å². The predicted molar refractivity (Wildman–Crippen MR) is 176 cm³/mol. The second-order valence-corrected chi connectivity index (χ2v) is 16.5. The molecule has 2 saturated heterocycles. The average molecular weight is 705 g/mol. The van der Waals surface area contributed by atoms with Crippen LogP contribution in [0.1, 0.15) is 52.2 Å². The molecule has 12 nitrogen and oxygen atoms in total. The highest BCUT2D eigenvalue weighted by atomic mass is 16.6. The Morgan fingerprint density at radius 1 is 0.922 bits per heavy atom. The number of benzene rings is 2. The number of aliphatic hydroxyl groups is 2. The lowest BCUT2D eigenvalue weighted by Crippen LogP contribution is -2.85. The third kappa shape index (κ3) is 3.98. The number of methoxy groups -OCH3 is 1. The van der Waals surface area contributed by atoms with Gasteiger partial charge in [-0.15, -0.1) is 0 Å². The van der Waals surface area contributed by atoms with Gasteiger partial charge in [-0.3, -0.25) is 14.4 Å². The monoisotopic (exact) mass is 704 g/mol. The van der Waals surface area contributed by atoms with E-state index in [1.807, 2.05) is 32.0 Å². The van der Waals surface area contributed by atoms with Crippen molar-refractivity contribution < 1.29 is 58.2 Å². The molecule has 0 amide bonds. The normalized spacial score (nSPS) is 42.7. The van der Waals surface area contributed by atoms with E-state index in [0.717, 1.165) is 5.56 Å². The van der Waals surface area contributed by atoms with Crippen LogP contribution in [0.5, 0.6) is 11.5 Å². The quantitative estimate of drug-likeness (QED) is 0.258. The van der Waals surface area contributed by atoms with Crippen LogP contribution in [0.25, 0.3) is 0 Å². The summed E-state index contributed by atoms with van der Waals surface area (Å²) >= 11 is 0. The Morgan fingerprint density at radius 3 is 2.27 bits per heavy atom. The van der Waals surface area contributed by atoms with Crippen LogP contribution in [-0.2, 0) is 51.0 Å². The van der Waals surface area contributed by atoms with E-state index in [1.165, 1.54) is 20.1 Å². The molecule has 2 heterocycles. The number of ether oxygens (including phenoxy) is 5. The van der Waals surface area contributed by atoms with Crippen molar-refractivity contribution in [1.29, 1.82) is 0 Å². The molecule has 0 spiro atoms. The third-order valence-corrected chi connectivity index (χ3v) is 14.2. The Bertz CT molecular complexity index is 1860. The van der Waals surface area contributed by atoms with Crippen molar-refractivity contribution in [3.63, 3.8) is 0 Å². The van der Waals surface area contributed by atoms with Gasteiger partial charge in [0.05, 0.1) is 31.0 Å². The van der Waals surface area contributed by atoms with E-state index in [2.05, 4.69) is 0 Å². The maximum absolute atomic E-state index is 13.7. The van der Waals surface area contributed by atoms with Gasteiger partial charge in [0.2, 0.25) is 0 Å². The number of carbonyl (C=O) groups excluding carboxylic acids is 4. The zero-order chi connectivity index (χ0) is 36.7. The molecule has 7 fully saturated rings. The highest BCUT2D eigenvalue weighted by molar-refractivity contribution is 5.85. The molecule has 12 atom stereocenters. The summed E-state index contributed by atoms with van der Waals surface area (Å²) in [7, 11) is 1.41. The van der Waals surface area contributed by atoms with Crippen LogP contribution in [-0.4, -0.2) is 81.4 Å². The number of phenolic OH excluding ortho intramolecular Hbond substituents is 1. The van der Waals surface area contributed by atoms with E-state index in [9.17, 15) is 34.5 Å². The molecule has 12 heteroatoms. The Labute approximate surface area is 295 Å². The molecule has 0 unspecified atom stereocenters. The second-order valence-electron chi connectivity index (χ2n) is 16.5. The van der Waals surface area contributed by atoms with Crippen molar-refractivity contribution in [3.8, 4) is 11.5 Å². The summed E-state index contributed by atoms with van der Waals surface area (Å²) < 4.78 is 29.6. The minimum absolute atomic E-state index is 0.0401. The summed E-state index contributed by atoms with van der Waals surface area (Å²) in [6.07, 6.45) is -1.35. The van der Waals surface area contributed by atoms with Crippen molar-refractivity contribution >= 4 is 23.9 Å². The van der Waals surface area contributed by atoms with Crippen LogP contribution >= 0.6 is 0 Å². The van der Waals surface area contributed by atoms with Gasteiger partial charge in [0.1, 0.15) is 18.3 Å². The Balaban J connectivity index is 1.16. The molecule has 2 aromatic rings. The molecule has 7 aliphatic rings. The van der Waals surface area contributed by atoms with Crippen LogP contribution in [0, 0.1) is 46.3 Å². The zero-order valence-corrected chi connectivity index (χ0v) is 29.5. The maximum atomic E-state index is 13.7.